The number of amides is 2. The predicted octanol–water partition coefficient (Wildman–Crippen LogP) is 0.757. The first-order chi connectivity index (χ1) is 11.8. The van der Waals surface area contributed by atoms with Gasteiger partial charge < -0.3 is 10.1 Å². The van der Waals surface area contributed by atoms with Gasteiger partial charge in [-0.2, -0.15) is 0 Å². The van der Waals surface area contributed by atoms with Gasteiger partial charge in [-0.25, -0.2) is 4.79 Å². The largest absolute Gasteiger partial charge is 0.464 e. The molecule has 25 heavy (non-hydrogen) atoms. The molecule has 0 radical (unpaired) electrons. The third-order valence-corrected chi connectivity index (χ3v) is 5.93. The molecule has 1 aromatic carbocycles. The Labute approximate surface area is 151 Å². The Bertz CT molecular complexity index is 733. The van der Waals surface area contributed by atoms with Crippen LogP contribution in [0.5, 0.6) is 0 Å². The highest BCUT2D eigenvalue weighted by Gasteiger charge is 2.73. The van der Waals surface area contributed by atoms with Gasteiger partial charge >= 0.3 is 5.97 Å². The summed E-state index contributed by atoms with van der Waals surface area (Å²) in [7, 11) is 2.79. The summed E-state index contributed by atoms with van der Waals surface area (Å²) in [5.41, 5.74) is -0.261. The minimum absolute atomic E-state index is 0.187. The van der Waals surface area contributed by atoms with Crippen LogP contribution >= 0.6 is 11.6 Å². The van der Waals surface area contributed by atoms with Crippen LogP contribution in [0.25, 0.3) is 0 Å². The van der Waals surface area contributed by atoms with Gasteiger partial charge in [0, 0.05) is 23.6 Å². The van der Waals surface area contributed by atoms with E-state index in [2.05, 4.69) is 0 Å². The maximum Gasteiger partial charge on any atom is 0.368 e. The molecule has 2 saturated heterocycles. The van der Waals surface area contributed by atoms with E-state index in [1.54, 1.807) is 12.1 Å². The summed E-state index contributed by atoms with van der Waals surface area (Å²) in [5, 5.41) is 2.44. The molecular weight excluding hydrogens is 344 g/mol. The van der Waals surface area contributed by atoms with Crippen LogP contribution in [0.2, 0.25) is 5.02 Å². The van der Waals surface area contributed by atoms with E-state index in [9.17, 15) is 14.4 Å². The first-order valence-electron chi connectivity index (χ1n) is 8.27. The second kappa shape index (κ2) is 6.11. The predicted molar refractivity (Wildman–Crippen MR) is 90.5 cm³/mol. The van der Waals surface area contributed by atoms with E-state index < -0.39 is 23.3 Å². The number of nitrogens with two attached hydrogens (primary N) is 1. The molecule has 6 nitrogen and oxygen atoms in total. The molecule has 0 aromatic heterocycles. The number of benzene rings is 1. The van der Waals surface area contributed by atoms with Crippen LogP contribution in [0.3, 0.4) is 0 Å². The van der Waals surface area contributed by atoms with E-state index in [1.807, 2.05) is 31.3 Å². The lowest BCUT2D eigenvalue weighted by atomic mass is 9.73. The highest BCUT2D eigenvalue weighted by Crippen LogP contribution is 2.46. The first kappa shape index (κ1) is 17.9. The zero-order valence-electron chi connectivity index (χ0n) is 14.7. The van der Waals surface area contributed by atoms with E-state index in [4.69, 9.17) is 16.3 Å². The minimum Gasteiger partial charge on any atom is -0.464 e. The van der Waals surface area contributed by atoms with Gasteiger partial charge in [0.2, 0.25) is 17.4 Å². The van der Waals surface area contributed by atoms with Crippen molar-refractivity contribution in [1.29, 1.82) is 0 Å². The highest BCUT2D eigenvalue weighted by atomic mass is 35.5. The molecule has 0 spiro atoms. The molecule has 3 rings (SSSR count). The molecule has 7 heteroatoms. The molecule has 0 saturated carbocycles. The average molecular weight is 366 g/mol. The first-order valence-corrected chi connectivity index (χ1v) is 8.64. The third kappa shape index (κ3) is 2.39. The van der Waals surface area contributed by atoms with Crippen molar-refractivity contribution in [3.05, 3.63) is 34.9 Å². The zero-order chi connectivity index (χ0) is 18.5. The van der Waals surface area contributed by atoms with Gasteiger partial charge in [-0.1, -0.05) is 37.6 Å². The highest BCUT2D eigenvalue weighted by molar-refractivity contribution is 6.30. The van der Waals surface area contributed by atoms with Gasteiger partial charge in [-0.15, -0.1) is 0 Å². The summed E-state index contributed by atoms with van der Waals surface area (Å²) in [5.74, 6) is -2.56. The summed E-state index contributed by atoms with van der Waals surface area (Å²) in [6, 6.07) is 6.83. The smallest absolute Gasteiger partial charge is 0.368 e. The molecule has 2 fully saturated rings. The Hall–Kier alpha value is -1.92. The monoisotopic (exact) mass is 365 g/mol. The fourth-order valence-corrected chi connectivity index (χ4v) is 4.48. The number of nitrogens with zero attached hydrogens (tertiary/aromatic N) is 1. The topological polar surface area (TPSA) is 80.3 Å². The number of fused-ring (bicyclic) bond motifs is 1. The third-order valence-electron chi connectivity index (χ3n) is 5.68. The van der Waals surface area contributed by atoms with Crippen LogP contribution in [-0.4, -0.2) is 42.4 Å². The van der Waals surface area contributed by atoms with Crippen LogP contribution in [0.4, 0.5) is 0 Å². The quantitative estimate of drug-likeness (QED) is 0.633. The number of imide groups is 1. The number of methoxy groups -OCH3 is 1. The summed E-state index contributed by atoms with van der Waals surface area (Å²) < 4.78 is 5.06. The normalized spacial score (nSPS) is 31.6. The molecular formula is C18H22ClN2O4+. The number of halogens is 1. The molecule has 4 atom stereocenters. The molecule has 0 unspecified atom stereocenters. The number of ether oxygens (including phenoxy) is 1. The Kier molecular flexibility index (Phi) is 4.37. The van der Waals surface area contributed by atoms with Gasteiger partial charge in [0.15, 0.2) is 0 Å². The Morgan fingerprint density at radius 1 is 1.24 bits per heavy atom. The van der Waals surface area contributed by atoms with E-state index in [0.29, 0.717) is 5.02 Å². The van der Waals surface area contributed by atoms with Gasteiger partial charge in [0.25, 0.3) is 0 Å². The van der Waals surface area contributed by atoms with E-state index in [-0.39, 0.29) is 23.8 Å². The number of esters is 1. The van der Waals surface area contributed by atoms with Crippen LogP contribution in [-0.2, 0) is 19.1 Å². The van der Waals surface area contributed by atoms with Crippen LogP contribution in [0, 0.1) is 17.8 Å². The van der Waals surface area contributed by atoms with Gasteiger partial charge in [0.1, 0.15) is 17.9 Å². The number of hydrogen-bond donors (Lipinski definition) is 1. The van der Waals surface area contributed by atoms with Crippen LogP contribution < -0.4 is 5.32 Å². The number of carbonyl (C=O) groups is 3. The molecule has 0 aliphatic carbocycles. The molecule has 2 amide bonds. The van der Waals surface area contributed by atoms with Crippen molar-refractivity contribution in [1.82, 2.24) is 4.90 Å². The standard InChI is InChI=1S/C18H21ClN2O4/c1-9(2)18(17(24)25-4)13-12(15(22)21(3)16(13)23)14(20-18)10-5-7-11(19)8-6-10/h5-9,12-14,20H,1-4H3/p+1/t12-,13+,14-,18-/m0/s1. The van der Waals surface area contributed by atoms with Crippen molar-refractivity contribution in [3.63, 3.8) is 0 Å². The molecule has 2 N–H and O–H groups in total. The lowest BCUT2D eigenvalue weighted by Gasteiger charge is -2.32. The summed E-state index contributed by atoms with van der Waals surface area (Å²) in [6.07, 6.45) is 0. The molecule has 1 aromatic rings. The minimum atomic E-state index is -1.12. The number of carbonyl (C=O) groups excluding carboxylic acids is 3. The number of quaternary nitrogens is 1. The molecule has 134 valence electrons. The molecule has 2 aliphatic heterocycles. The molecule has 0 bridgehead atoms. The van der Waals surface area contributed by atoms with Crippen molar-refractivity contribution in [3.8, 4) is 0 Å². The van der Waals surface area contributed by atoms with E-state index in [0.717, 1.165) is 10.5 Å². The lowest BCUT2D eigenvalue weighted by molar-refractivity contribution is -0.740. The maximum atomic E-state index is 12.8. The lowest BCUT2D eigenvalue weighted by Crippen LogP contribution is -2.99. The van der Waals surface area contributed by atoms with Crippen molar-refractivity contribution in [2.45, 2.75) is 25.4 Å². The summed E-state index contributed by atoms with van der Waals surface area (Å²) in [4.78, 5) is 39.5. The number of likely N-dealkylation sites (tertiary alicyclic amines) is 1. The van der Waals surface area contributed by atoms with Crippen LogP contribution in [0.1, 0.15) is 25.5 Å². The van der Waals surface area contributed by atoms with Crippen LogP contribution in [0.15, 0.2) is 24.3 Å². The van der Waals surface area contributed by atoms with Crippen molar-refractivity contribution in [2.24, 2.45) is 17.8 Å². The van der Waals surface area contributed by atoms with Crippen molar-refractivity contribution >= 4 is 29.4 Å². The maximum absolute atomic E-state index is 12.8. The Morgan fingerprint density at radius 2 is 1.84 bits per heavy atom. The molecule has 2 aliphatic rings. The van der Waals surface area contributed by atoms with Gasteiger partial charge in [-0.05, 0) is 12.1 Å². The Morgan fingerprint density at radius 3 is 2.36 bits per heavy atom. The summed E-state index contributed by atoms with van der Waals surface area (Å²) >= 11 is 5.97. The van der Waals surface area contributed by atoms with Crippen molar-refractivity contribution < 1.29 is 24.4 Å². The summed E-state index contributed by atoms with van der Waals surface area (Å²) in [6.45, 7) is 3.76. The Balaban J connectivity index is 2.17. The van der Waals surface area contributed by atoms with E-state index >= 15 is 0 Å². The second-order valence-corrected chi connectivity index (χ2v) is 7.50. The fourth-order valence-electron chi connectivity index (χ4n) is 4.35. The van der Waals surface area contributed by atoms with Crippen molar-refractivity contribution in [2.75, 3.05) is 14.2 Å². The SMILES string of the molecule is COC(=O)[C@@]1(C(C)C)[NH2+][C@@H](c2ccc(Cl)cc2)[C@H]2C(=O)N(C)C(=O)[C@@H]21. The second-order valence-electron chi connectivity index (χ2n) is 7.06. The van der Waals surface area contributed by atoms with E-state index in [1.165, 1.54) is 14.2 Å². The zero-order valence-corrected chi connectivity index (χ0v) is 15.4. The fraction of sp³-hybridized carbons (Fsp3) is 0.500. The van der Waals surface area contributed by atoms with Gasteiger partial charge in [-0.3, -0.25) is 14.5 Å². The van der Waals surface area contributed by atoms with Gasteiger partial charge in [0.05, 0.1) is 7.11 Å². The average Bonchev–Trinajstić information content (AvgIpc) is 3.06. The molecule has 2 heterocycles. The number of hydrogen-bond acceptors (Lipinski definition) is 4. The number of rotatable bonds is 3.